The van der Waals surface area contributed by atoms with Gasteiger partial charge in [-0.3, -0.25) is 4.79 Å². The smallest absolute Gasteiger partial charge is 0.326 e. The van der Waals surface area contributed by atoms with E-state index in [1.54, 1.807) is 0 Å². The maximum absolute atomic E-state index is 13.2. The number of benzene rings is 1. The largest absolute Gasteiger partial charge is 0.419 e. The van der Waals surface area contributed by atoms with Crippen LogP contribution < -0.4 is 5.32 Å². The number of carbonyl (C=O) groups excluding carboxylic acids is 1. The van der Waals surface area contributed by atoms with Gasteiger partial charge in [-0.1, -0.05) is 13.8 Å². The van der Waals surface area contributed by atoms with Gasteiger partial charge in [-0.05, 0) is 24.1 Å². The minimum absolute atomic E-state index is 0.0196. The topological polar surface area (TPSA) is 29.1 Å². The second kappa shape index (κ2) is 5.37. The molecule has 0 fully saturated rings. The lowest BCUT2D eigenvalue weighted by Gasteiger charge is -2.11. The molecule has 1 aromatic rings. The quantitative estimate of drug-likeness (QED) is 0.825. The number of rotatable bonds is 3. The number of hydrogen-bond acceptors (Lipinski definition) is 1. The molecule has 0 aliphatic rings. The van der Waals surface area contributed by atoms with Gasteiger partial charge in [0.1, 0.15) is 5.82 Å². The van der Waals surface area contributed by atoms with Crippen molar-refractivity contribution in [2.75, 3.05) is 5.32 Å². The van der Waals surface area contributed by atoms with E-state index in [9.17, 15) is 22.4 Å². The third-order valence-corrected chi connectivity index (χ3v) is 2.15. The van der Waals surface area contributed by atoms with Crippen molar-refractivity contribution in [3.8, 4) is 0 Å². The lowest BCUT2D eigenvalue weighted by Crippen LogP contribution is -2.15. The van der Waals surface area contributed by atoms with Gasteiger partial charge in [0.2, 0.25) is 5.91 Å². The van der Waals surface area contributed by atoms with E-state index in [1.807, 2.05) is 13.8 Å². The van der Waals surface area contributed by atoms with Crippen LogP contribution in [0.4, 0.5) is 23.2 Å². The van der Waals surface area contributed by atoms with Crippen molar-refractivity contribution in [1.82, 2.24) is 0 Å². The molecule has 0 saturated carbocycles. The molecule has 0 aliphatic heterocycles. The van der Waals surface area contributed by atoms with Crippen LogP contribution in [-0.2, 0) is 11.0 Å². The van der Waals surface area contributed by atoms with E-state index >= 15 is 0 Å². The van der Waals surface area contributed by atoms with Gasteiger partial charge in [0, 0.05) is 12.1 Å². The van der Waals surface area contributed by atoms with Gasteiger partial charge in [-0.2, -0.15) is 13.2 Å². The average molecular weight is 263 g/mol. The minimum atomic E-state index is -4.73. The highest BCUT2D eigenvalue weighted by Crippen LogP contribution is 2.32. The number of hydrogen-bond donors (Lipinski definition) is 1. The second-order valence-electron chi connectivity index (χ2n) is 4.34. The molecule has 0 radical (unpaired) electrons. The number of carbonyl (C=O) groups is 1. The Labute approximate surface area is 102 Å². The Morgan fingerprint density at radius 1 is 1.33 bits per heavy atom. The highest BCUT2D eigenvalue weighted by atomic mass is 19.4. The van der Waals surface area contributed by atoms with E-state index in [1.165, 1.54) is 0 Å². The highest BCUT2D eigenvalue weighted by Gasteiger charge is 2.33. The lowest BCUT2D eigenvalue weighted by molar-refractivity contribution is -0.139. The van der Waals surface area contributed by atoms with Crippen LogP contribution in [0.5, 0.6) is 0 Å². The van der Waals surface area contributed by atoms with Crippen molar-refractivity contribution >= 4 is 11.6 Å². The molecular weight excluding hydrogens is 250 g/mol. The molecule has 0 aromatic heterocycles. The summed E-state index contributed by atoms with van der Waals surface area (Å²) in [7, 11) is 0. The zero-order valence-corrected chi connectivity index (χ0v) is 9.94. The van der Waals surface area contributed by atoms with Crippen LogP contribution >= 0.6 is 0 Å². The molecule has 100 valence electrons. The molecule has 1 amide bonds. The zero-order chi connectivity index (χ0) is 13.9. The van der Waals surface area contributed by atoms with Crippen LogP contribution in [-0.4, -0.2) is 5.91 Å². The summed E-state index contributed by atoms with van der Waals surface area (Å²) in [6.07, 6.45) is -4.51. The summed E-state index contributed by atoms with van der Waals surface area (Å²) in [5, 5.41) is 2.35. The summed E-state index contributed by atoms with van der Waals surface area (Å²) < 4.78 is 50.1. The van der Waals surface area contributed by atoms with E-state index in [2.05, 4.69) is 5.32 Å². The van der Waals surface area contributed by atoms with Crippen LogP contribution in [0.2, 0.25) is 0 Å². The molecule has 0 aliphatic carbocycles. The third-order valence-electron chi connectivity index (χ3n) is 2.15. The van der Waals surface area contributed by atoms with Crippen LogP contribution in [0, 0.1) is 11.7 Å². The fourth-order valence-electron chi connectivity index (χ4n) is 1.41. The molecule has 1 aromatic carbocycles. The molecule has 18 heavy (non-hydrogen) atoms. The van der Waals surface area contributed by atoms with Gasteiger partial charge in [0.05, 0.1) is 5.56 Å². The van der Waals surface area contributed by atoms with Crippen LogP contribution in [0.3, 0.4) is 0 Å². The van der Waals surface area contributed by atoms with Gasteiger partial charge in [0.25, 0.3) is 0 Å². The molecule has 6 heteroatoms. The molecule has 2 nitrogen and oxygen atoms in total. The first-order valence-corrected chi connectivity index (χ1v) is 5.36. The molecule has 0 unspecified atom stereocenters. The summed E-state index contributed by atoms with van der Waals surface area (Å²) >= 11 is 0. The lowest BCUT2D eigenvalue weighted by atomic mass is 10.1. The van der Waals surface area contributed by atoms with Gasteiger partial charge >= 0.3 is 6.18 Å². The molecule has 0 saturated heterocycles. The molecule has 1 rings (SSSR count). The number of nitrogens with one attached hydrogen (secondary N) is 1. The predicted octanol–water partition coefficient (Wildman–Crippen LogP) is 3.83. The predicted molar refractivity (Wildman–Crippen MR) is 59.5 cm³/mol. The molecule has 0 spiro atoms. The average Bonchev–Trinajstić information content (AvgIpc) is 2.13. The van der Waals surface area contributed by atoms with Crippen LogP contribution in [0.25, 0.3) is 0 Å². The fraction of sp³-hybridized carbons (Fsp3) is 0.417. The Balaban J connectivity index is 2.82. The summed E-state index contributed by atoms with van der Waals surface area (Å²) in [6.45, 7) is 3.65. The van der Waals surface area contributed by atoms with Gasteiger partial charge in [-0.15, -0.1) is 0 Å². The summed E-state index contributed by atoms with van der Waals surface area (Å²) in [5.41, 5.74) is -1.32. The van der Waals surface area contributed by atoms with Gasteiger partial charge < -0.3 is 5.32 Å². The number of alkyl halides is 3. The Bertz CT molecular complexity index is 440. The van der Waals surface area contributed by atoms with E-state index < -0.39 is 17.6 Å². The Kier molecular flexibility index (Phi) is 4.32. The third kappa shape index (κ3) is 4.01. The summed E-state index contributed by atoms with van der Waals surface area (Å²) in [5.74, 6) is -1.64. The maximum Gasteiger partial charge on any atom is 0.419 e. The van der Waals surface area contributed by atoms with Crippen molar-refractivity contribution in [1.29, 1.82) is 0 Å². The molecule has 1 N–H and O–H groups in total. The normalized spacial score (nSPS) is 11.7. The standard InChI is InChI=1S/C12H13F4NO/c1-7(2)5-11(18)17-8-3-4-9(10(13)6-8)12(14,15)16/h3-4,6-7H,5H2,1-2H3,(H,17,18). The van der Waals surface area contributed by atoms with E-state index in [-0.39, 0.29) is 23.9 Å². The van der Waals surface area contributed by atoms with Crippen molar-refractivity contribution in [3.63, 3.8) is 0 Å². The number of halogens is 4. The van der Waals surface area contributed by atoms with Crippen molar-refractivity contribution in [2.24, 2.45) is 5.92 Å². The second-order valence-corrected chi connectivity index (χ2v) is 4.34. The fourth-order valence-corrected chi connectivity index (χ4v) is 1.41. The zero-order valence-electron chi connectivity index (χ0n) is 9.94. The Morgan fingerprint density at radius 2 is 1.94 bits per heavy atom. The summed E-state index contributed by atoms with van der Waals surface area (Å²) in [4.78, 5) is 11.4. The van der Waals surface area contributed by atoms with Crippen molar-refractivity contribution in [2.45, 2.75) is 26.4 Å². The SMILES string of the molecule is CC(C)CC(=O)Nc1ccc(C(F)(F)F)c(F)c1. The van der Waals surface area contributed by atoms with E-state index in [0.29, 0.717) is 12.1 Å². The first-order chi connectivity index (χ1) is 8.20. The Morgan fingerprint density at radius 3 is 2.39 bits per heavy atom. The van der Waals surface area contributed by atoms with Gasteiger partial charge in [-0.25, -0.2) is 4.39 Å². The highest BCUT2D eigenvalue weighted by molar-refractivity contribution is 5.90. The maximum atomic E-state index is 13.2. The van der Waals surface area contributed by atoms with Crippen molar-refractivity contribution in [3.05, 3.63) is 29.6 Å². The monoisotopic (exact) mass is 263 g/mol. The molecule has 0 heterocycles. The summed E-state index contributed by atoms with van der Waals surface area (Å²) in [6, 6.07) is 2.31. The molecule has 0 bridgehead atoms. The van der Waals surface area contributed by atoms with E-state index in [0.717, 1.165) is 6.07 Å². The minimum Gasteiger partial charge on any atom is -0.326 e. The van der Waals surface area contributed by atoms with Crippen molar-refractivity contribution < 1.29 is 22.4 Å². The van der Waals surface area contributed by atoms with E-state index in [4.69, 9.17) is 0 Å². The first kappa shape index (κ1) is 14.5. The molecule has 0 atom stereocenters. The van der Waals surface area contributed by atoms with Gasteiger partial charge in [0.15, 0.2) is 0 Å². The van der Waals surface area contributed by atoms with Crippen LogP contribution in [0.15, 0.2) is 18.2 Å². The molecular formula is C12H13F4NO. The number of amides is 1. The van der Waals surface area contributed by atoms with Crippen LogP contribution in [0.1, 0.15) is 25.8 Å². The first-order valence-electron chi connectivity index (χ1n) is 5.36. The Hall–Kier alpha value is -1.59. The number of anilines is 1.